The van der Waals surface area contributed by atoms with E-state index in [1.807, 2.05) is 36.2 Å². The van der Waals surface area contributed by atoms with Crippen LogP contribution in [0, 0.1) is 0 Å². The van der Waals surface area contributed by atoms with Crippen molar-refractivity contribution in [2.75, 3.05) is 31.9 Å². The van der Waals surface area contributed by atoms with Gasteiger partial charge < -0.3 is 20.1 Å². The monoisotopic (exact) mass is 260 g/mol. The molecule has 2 aromatic rings. The maximum Gasteiger partial charge on any atom is 0.204 e. The molecule has 0 bridgehead atoms. The van der Waals surface area contributed by atoms with Crippen molar-refractivity contribution in [1.29, 1.82) is 0 Å². The zero-order chi connectivity index (χ0) is 13.8. The highest BCUT2D eigenvalue weighted by atomic mass is 16.5. The highest BCUT2D eigenvalue weighted by Crippen LogP contribution is 2.33. The number of nitrogens with two attached hydrogens (primary N) is 1. The van der Waals surface area contributed by atoms with E-state index in [2.05, 4.69) is 9.97 Å². The fourth-order valence-corrected chi connectivity index (χ4v) is 1.74. The lowest BCUT2D eigenvalue weighted by atomic mass is 10.2. The van der Waals surface area contributed by atoms with Crippen LogP contribution in [-0.4, -0.2) is 31.2 Å². The molecule has 0 amide bonds. The third-order valence-corrected chi connectivity index (χ3v) is 2.79. The maximum atomic E-state index is 5.77. The number of aromatic nitrogens is 2. The summed E-state index contributed by atoms with van der Waals surface area (Å²) in [7, 11) is 5.05. The molecule has 100 valence electrons. The first-order valence-corrected chi connectivity index (χ1v) is 5.69. The summed E-state index contributed by atoms with van der Waals surface area (Å²) in [6, 6.07) is 7.61. The fourth-order valence-electron chi connectivity index (χ4n) is 1.74. The second-order valence-electron chi connectivity index (χ2n) is 3.87. The molecular formula is C13H16N4O2. The highest BCUT2D eigenvalue weighted by molar-refractivity contribution is 5.70. The molecule has 0 aliphatic carbocycles. The number of methoxy groups -OCH3 is 2. The Balaban J connectivity index is 2.37. The lowest BCUT2D eigenvalue weighted by Crippen LogP contribution is -2.14. The SMILES string of the molecule is COc1ccc(N(C)c2ncnc(N)c2OC)cc1. The smallest absolute Gasteiger partial charge is 0.204 e. The Morgan fingerprint density at radius 3 is 2.32 bits per heavy atom. The Kier molecular flexibility index (Phi) is 3.70. The van der Waals surface area contributed by atoms with Gasteiger partial charge in [-0.05, 0) is 24.3 Å². The van der Waals surface area contributed by atoms with E-state index in [9.17, 15) is 0 Å². The van der Waals surface area contributed by atoms with Gasteiger partial charge in [0.25, 0.3) is 0 Å². The summed E-state index contributed by atoms with van der Waals surface area (Å²) in [6.07, 6.45) is 1.41. The molecular weight excluding hydrogens is 244 g/mol. The number of nitrogen functional groups attached to an aromatic ring is 1. The van der Waals surface area contributed by atoms with E-state index >= 15 is 0 Å². The molecule has 0 atom stereocenters. The molecule has 1 aromatic carbocycles. The zero-order valence-electron chi connectivity index (χ0n) is 11.1. The normalized spacial score (nSPS) is 10.1. The Hall–Kier alpha value is -2.50. The zero-order valence-corrected chi connectivity index (χ0v) is 11.1. The van der Waals surface area contributed by atoms with E-state index in [0.717, 1.165) is 11.4 Å². The Morgan fingerprint density at radius 1 is 1.05 bits per heavy atom. The fraction of sp³-hybridized carbons (Fsp3) is 0.231. The van der Waals surface area contributed by atoms with Crippen molar-refractivity contribution >= 4 is 17.3 Å². The van der Waals surface area contributed by atoms with Gasteiger partial charge in [-0.3, -0.25) is 0 Å². The quantitative estimate of drug-likeness (QED) is 0.904. The molecule has 0 fully saturated rings. The van der Waals surface area contributed by atoms with Crippen LogP contribution in [0.1, 0.15) is 0 Å². The van der Waals surface area contributed by atoms with Crippen molar-refractivity contribution in [1.82, 2.24) is 9.97 Å². The topological polar surface area (TPSA) is 73.5 Å². The molecule has 1 aromatic heterocycles. The number of rotatable bonds is 4. The Bertz CT molecular complexity index is 557. The van der Waals surface area contributed by atoms with Gasteiger partial charge in [0, 0.05) is 12.7 Å². The predicted octanol–water partition coefficient (Wildman–Crippen LogP) is 1.84. The van der Waals surface area contributed by atoms with E-state index in [-0.39, 0.29) is 0 Å². The lowest BCUT2D eigenvalue weighted by Gasteiger charge is -2.21. The van der Waals surface area contributed by atoms with Crippen molar-refractivity contribution in [2.24, 2.45) is 0 Å². The van der Waals surface area contributed by atoms with E-state index in [0.29, 0.717) is 17.4 Å². The summed E-state index contributed by atoms with van der Waals surface area (Å²) in [6.45, 7) is 0. The molecule has 6 heteroatoms. The predicted molar refractivity (Wildman–Crippen MR) is 74.1 cm³/mol. The van der Waals surface area contributed by atoms with Gasteiger partial charge in [-0.15, -0.1) is 0 Å². The maximum absolute atomic E-state index is 5.77. The van der Waals surface area contributed by atoms with Gasteiger partial charge >= 0.3 is 0 Å². The van der Waals surface area contributed by atoms with Crippen LogP contribution in [0.25, 0.3) is 0 Å². The number of hydrogen-bond donors (Lipinski definition) is 1. The molecule has 1 heterocycles. The molecule has 19 heavy (non-hydrogen) atoms. The van der Waals surface area contributed by atoms with Gasteiger partial charge in [-0.25, -0.2) is 9.97 Å². The summed E-state index contributed by atoms with van der Waals surface area (Å²) in [5.41, 5.74) is 6.71. The van der Waals surface area contributed by atoms with Gasteiger partial charge in [-0.1, -0.05) is 0 Å². The summed E-state index contributed by atoms with van der Waals surface area (Å²) < 4.78 is 10.4. The molecule has 0 spiro atoms. The van der Waals surface area contributed by atoms with Crippen molar-refractivity contribution < 1.29 is 9.47 Å². The van der Waals surface area contributed by atoms with Crippen LogP contribution >= 0.6 is 0 Å². The average Bonchev–Trinajstić information content (AvgIpc) is 2.46. The molecule has 2 N–H and O–H groups in total. The molecule has 0 aliphatic rings. The van der Waals surface area contributed by atoms with Crippen LogP contribution in [0.3, 0.4) is 0 Å². The van der Waals surface area contributed by atoms with Crippen molar-refractivity contribution in [2.45, 2.75) is 0 Å². The van der Waals surface area contributed by atoms with E-state index in [4.69, 9.17) is 15.2 Å². The first-order valence-electron chi connectivity index (χ1n) is 5.69. The number of ether oxygens (including phenoxy) is 2. The van der Waals surface area contributed by atoms with Crippen LogP contribution in [-0.2, 0) is 0 Å². The summed E-state index contributed by atoms with van der Waals surface area (Å²) in [4.78, 5) is 9.99. The van der Waals surface area contributed by atoms with Crippen molar-refractivity contribution in [3.63, 3.8) is 0 Å². The molecule has 2 rings (SSSR count). The molecule has 0 saturated carbocycles. The van der Waals surface area contributed by atoms with Crippen molar-refractivity contribution in [3.05, 3.63) is 30.6 Å². The molecule has 0 unspecified atom stereocenters. The van der Waals surface area contributed by atoms with Crippen LogP contribution in [0.4, 0.5) is 17.3 Å². The number of anilines is 3. The second kappa shape index (κ2) is 5.43. The van der Waals surface area contributed by atoms with Gasteiger partial charge in [-0.2, -0.15) is 0 Å². The lowest BCUT2D eigenvalue weighted by molar-refractivity contribution is 0.414. The first-order chi connectivity index (χ1) is 9.17. The van der Waals surface area contributed by atoms with Gasteiger partial charge in [0.05, 0.1) is 14.2 Å². The first kappa shape index (κ1) is 12.9. The van der Waals surface area contributed by atoms with Gasteiger partial charge in [0.2, 0.25) is 5.75 Å². The minimum Gasteiger partial charge on any atom is -0.497 e. The number of benzene rings is 1. The second-order valence-corrected chi connectivity index (χ2v) is 3.87. The van der Waals surface area contributed by atoms with Crippen LogP contribution in [0.15, 0.2) is 30.6 Å². The largest absolute Gasteiger partial charge is 0.497 e. The van der Waals surface area contributed by atoms with Crippen LogP contribution < -0.4 is 20.1 Å². The van der Waals surface area contributed by atoms with Gasteiger partial charge in [0.15, 0.2) is 11.6 Å². The Labute approximate surface area is 111 Å². The highest BCUT2D eigenvalue weighted by Gasteiger charge is 2.15. The van der Waals surface area contributed by atoms with E-state index < -0.39 is 0 Å². The van der Waals surface area contributed by atoms with E-state index in [1.165, 1.54) is 6.33 Å². The Morgan fingerprint density at radius 2 is 1.74 bits per heavy atom. The average molecular weight is 260 g/mol. The molecule has 0 saturated heterocycles. The number of nitrogens with zero attached hydrogens (tertiary/aromatic N) is 3. The minimum atomic E-state index is 0.313. The molecule has 0 aliphatic heterocycles. The van der Waals surface area contributed by atoms with Crippen molar-refractivity contribution in [3.8, 4) is 11.5 Å². The number of hydrogen-bond acceptors (Lipinski definition) is 6. The van der Waals surface area contributed by atoms with Crippen LogP contribution in [0.2, 0.25) is 0 Å². The van der Waals surface area contributed by atoms with Gasteiger partial charge in [0.1, 0.15) is 12.1 Å². The summed E-state index contributed by atoms with van der Waals surface area (Å²) in [5, 5.41) is 0. The summed E-state index contributed by atoms with van der Waals surface area (Å²) >= 11 is 0. The van der Waals surface area contributed by atoms with E-state index in [1.54, 1.807) is 14.2 Å². The standard InChI is InChI=1S/C13H16N4O2/c1-17(9-4-6-10(18-2)7-5-9)13-11(19-3)12(14)15-8-16-13/h4-8H,1-3H3,(H2,14,15,16). The third-order valence-electron chi connectivity index (χ3n) is 2.79. The summed E-state index contributed by atoms with van der Waals surface area (Å²) in [5.74, 6) is 2.18. The third kappa shape index (κ3) is 2.52. The molecule has 0 radical (unpaired) electrons. The van der Waals surface area contributed by atoms with Crippen LogP contribution in [0.5, 0.6) is 11.5 Å². The minimum absolute atomic E-state index is 0.313. The molecule has 6 nitrogen and oxygen atoms in total.